The number of hydrogen-bond acceptors (Lipinski definition) is 6. The third-order valence-electron chi connectivity index (χ3n) is 5.96. The predicted octanol–water partition coefficient (Wildman–Crippen LogP) is 4.12. The summed E-state index contributed by atoms with van der Waals surface area (Å²) < 4.78 is 0. The first-order valence-electron chi connectivity index (χ1n) is 11.6. The molecule has 4 heterocycles. The standard InChI is InChI=1S/C23H33N7S/c31-23(25-18-19-10-9-11-24-17-19)28-22-26-20(29-12-5-1-2-6-13-29)16-21(27-22)30-14-7-3-4-8-15-30/h9-11,16-17H,1-8,12-15,18H2,(H2,25,26,27,28,31). The molecule has 0 unspecified atom stereocenters. The molecule has 0 spiro atoms. The molecule has 166 valence electrons. The zero-order valence-electron chi connectivity index (χ0n) is 18.2. The fourth-order valence-electron chi connectivity index (χ4n) is 4.23. The number of thiocarbonyl (C=S) groups is 1. The molecular formula is C23H33N7S. The molecule has 2 fully saturated rings. The van der Waals surface area contributed by atoms with Crippen molar-refractivity contribution < 1.29 is 0 Å². The van der Waals surface area contributed by atoms with Crippen molar-refractivity contribution in [3.8, 4) is 0 Å². The first kappa shape index (κ1) is 21.7. The van der Waals surface area contributed by atoms with Crippen molar-refractivity contribution in [1.82, 2.24) is 20.3 Å². The van der Waals surface area contributed by atoms with E-state index in [1.807, 2.05) is 18.3 Å². The van der Waals surface area contributed by atoms with Gasteiger partial charge in [0.15, 0.2) is 5.11 Å². The summed E-state index contributed by atoms with van der Waals surface area (Å²) in [4.78, 5) is 18.7. The van der Waals surface area contributed by atoms with Crippen molar-refractivity contribution in [1.29, 1.82) is 0 Å². The third-order valence-corrected chi connectivity index (χ3v) is 6.21. The van der Waals surface area contributed by atoms with Crippen molar-refractivity contribution in [3.05, 3.63) is 36.2 Å². The smallest absolute Gasteiger partial charge is 0.232 e. The number of rotatable bonds is 5. The lowest BCUT2D eigenvalue weighted by atomic mass is 10.2. The molecule has 0 saturated carbocycles. The van der Waals surface area contributed by atoms with Gasteiger partial charge in [0.05, 0.1) is 0 Å². The monoisotopic (exact) mass is 439 g/mol. The summed E-state index contributed by atoms with van der Waals surface area (Å²) >= 11 is 5.53. The molecule has 2 aliphatic rings. The fourth-order valence-corrected chi connectivity index (χ4v) is 4.40. The Balaban J connectivity index is 1.50. The van der Waals surface area contributed by atoms with Crippen LogP contribution in [0.3, 0.4) is 0 Å². The van der Waals surface area contributed by atoms with Crippen molar-refractivity contribution >= 4 is 34.9 Å². The number of anilines is 3. The van der Waals surface area contributed by atoms with Crippen LogP contribution in [0.1, 0.15) is 56.9 Å². The van der Waals surface area contributed by atoms with Crippen LogP contribution in [0, 0.1) is 0 Å². The topological polar surface area (TPSA) is 69.2 Å². The first-order chi connectivity index (χ1) is 15.3. The highest BCUT2D eigenvalue weighted by Gasteiger charge is 2.18. The van der Waals surface area contributed by atoms with Gasteiger partial charge in [-0.1, -0.05) is 31.7 Å². The van der Waals surface area contributed by atoms with Gasteiger partial charge in [-0.25, -0.2) is 0 Å². The van der Waals surface area contributed by atoms with Crippen molar-refractivity contribution in [2.75, 3.05) is 41.3 Å². The van der Waals surface area contributed by atoms with Gasteiger partial charge < -0.3 is 20.4 Å². The van der Waals surface area contributed by atoms with Crippen LogP contribution >= 0.6 is 12.2 Å². The Morgan fingerprint density at radius 2 is 1.45 bits per heavy atom. The number of nitrogens with one attached hydrogen (secondary N) is 2. The van der Waals surface area contributed by atoms with Crippen LogP contribution in [-0.4, -0.2) is 46.2 Å². The summed E-state index contributed by atoms with van der Waals surface area (Å²) in [5.74, 6) is 2.59. The van der Waals surface area contributed by atoms with Gasteiger partial charge in [0.2, 0.25) is 5.95 Å². The summed E-state index contributed by atoms with van der Waals surface area (Å²) in [5, 5.41) is 6.99. The van der Waals surface area contributed by atoms with Crippen molar-refractivity contribution in [2.24, 2.45) is 0 Å². The molecule has 2 N–H and O–H groups in total. The van der Waals surface area contributed by atoms with Gasteiger partial charge in [0.1, 0.15) is 11.6 Å². The highest BCUT2D eigenvalue weighted by atomic mass is 32.1. The molecule has 0 atom stereocenters. The van der Waals surface area contributed by atoms with E-state index in [1.165, 1.54) is 51.4 Å². The first-order valence-corrected chi connectivity index (χ1v) is 12.0. The lowest BCUT2D eigenvalue weighted by Gasteiger charge is -2.26. The maximum absolute atomic E-state index is 5.53. The Kier molecular flexibility index (Phi) is 7.87. The minimum absolute atomic E-state index is 0.527. The van der Waals surface area contributed by atoms with E-state index >= 15 is 0 Å². The Morgan fingerprint density at radius 1 is 0.871 bits per heavy atom. The van der Waals surface area contributed by atoms with Crippen LogP contribution in [0.2, 0.25) is 0 Å². The lowest BCUT2D eigenvalue weighted by Crippen LogP contribution is -2.31. The SMILES string of the molecule is S=C(NCc1cccnc1)Nc1nc(N2CCCCCC2)cc(N2CCCCCC2)n1. The van der Waals surface area contributed by atoms with E-state index in [0.717, 1.165) is 43.4 Å². The molecule has 0 amide bonds. The van der Waals surface area contributed by atoms with E-state index in [9.17, 15) is 0 Å². The van der Waals surface area contributed by atoms with Gasteiger partial charge in [0.25, 0.3) is 0 Å². The molecule has 0 bridgehead atoms. The highest BCUT2D eigenvalue weighted by molar-refractivity contribution is 7.80. The van der Waals surface area contributed by atoms with E-state index in [4.69, 9.17) is 22.2 Å². The molecule has 4 rings (SSSR count). The van der Waals surface area contributed by atoms with Crippen molar-refractivity contribution in [3.63, 3.8) is 0 Å². The molecule has 7 nitrogen and oxygen atoms in total. The zero-order valence-corrected chi connectivity index (χ0v) is 19.0. The highest BCUT2D eigenvalue weighted by Crippen LogP contribution is 2.25. The van der Waals surface area contributed by atoms with Gasteiger partial charge >= 0.3 is 0 Å². The second-order valence-electron chi connectivity index (χ2n) is 8.38. The number of hydrogen-bond donors (Lipinski definition) is 2. The third kappa shape index (κ3) is 6.50. The van der Waals surface area contributed by atoms with Crippen LogP contribution in [0.4, 0.5) is 17.6 Å². The fraction of sp³-hybridized carbons (Fsp3) is 0.565. The molecule has 31 heavy (non-hydrogen) atoms. The quantitative estimate of drug-likeness (QED) is 0.675. The molecule has 2 aromatic heterocycles. The maximum Gasteiger partial charge on any atom is 0.232 e. The zero-order chi connectivity index (χ0) is 21.3. The van der Waals surface area contributed by atoms with Gasteiger partial charge in [-0.05, 0) is 49.5 Å². The van der Waals surface area contributed by atoms with E-state index in [-0.39, 0.29) is 0 Å². The summed E-state index contributed by atoms with van der Waals surface area (Å²) in [6.07, 6.45) is 13.7. The molecule has 8 heteroatoms. The van der Waals surface area contributed by atoms with Crippen LogP contribution in [-0.2, 0) is 6.54 Å². The second kappa shape index (κ2) is 11.2. The van der Waals surface area contributed by atoms with E-state index in [1.54, 1.807) is 6.20 Å². The Morgan fingerprint density at radius 3 is 1.97 bits per heavy atom. The van der Waals surface area contributed by atoms with Crippen molar-refractivity contribution in [2.45, 2.75) is 57.9 Å². The molecular weight excluding hydrogens is 406 g/mol. The Bertz CT molecular complexity index is 791. The molecule has 2 aromatic rings. The van der Waals surface area contributed by atoms with E-state index < -0.39 is 0 Å². The second-order valence-corrected chi connectivity index (χ2v) is 8.79. The molecule has 0 aliphatic carbocycles. The maximum atomic E-state index is 5.53. The van der Waals surface area contributed by atoms with Gasteiger partial charge in [-0.2, -0.15) is 9.97 Å². The minimum atomic E-state index is 0.527. The molecule has 2 saturated heterocycles. The van der Waals surface area contributed by atoms with Crippen LogP contribution in [0.25, 0.3) is 0 Å². The summed E-state index contributed by atoms with van der Waals surface area (Å²) in [5.41, 5.74) is 1.08. The average Bonchev–Trinajstić information content (AvgIpc) is 3.24. The number of nitrogens with zero attached hydrogens (tertiary/aromatic N) is 5. The Hall–Kier alpha value is -2.48. The normalized spacial score (nSPS) is 17.5. The summed E-state index contributed by atoms with van der Waals surface area (Å²) in [6, 6.07) is 6.12. The van der Waals surface area contributed by atoms with E-state index in [2.05, 4.69) is 31.5 Å². The van der Waals surface area contributed by atoms with Crippen LogP contribution in [0.5, 0.6) is 0 Å². The summed E-state index contributed by atoms with van der Waals surface area (Å²) in [7, 11) is 0. The average molecular weight is 440 g/mol. The lowest BCUT2D eigenvalue weighted by molar-refractivity contribution is 0.726. The number of aromatic nitrogens is 3. The summed E-state index contributed by atoms with van der Waals surface area (Å²) in [6.45, 7) is 4.84. The molecule has 0 aromatic carbocycles. The van der Waals surface area contributed by atoms with Gasteiger partial charge in [-0.15, -0.1) is 0 Å². The van der Waals surface area contributed by atoms with Gasteiger partial charge in [0, 0.05) is 51.2 Å². The molecule has 0 radical (unpaired) electrons. The van der Waals surface area contributed by atoms with Crippen LogP contribution < -0.4 is 20.4 Å². The van der Waals surface area contributed by atoms with Gasteiger partial charge in [-0.3, -0.25) is 4.98 Å². The Labute approximate surface area is 190 Å². The number of pyridine rings is 1. The minimum Gasteiger partial charge on any atom is -0.358 e. The van der Waals surface area contributed by atoms with E-state index in [0.29, 0.717) is 17.6 Å². The predicted molar refractivity (Wildman–Crippen MR) is 131 cm³/mol. The van der Waals surface area contributed by atoms with Crippen LogP contribution in [0.15, 0.2) is 30.6 Å². The largest absolute Gasteiger partial charge is 0.358 e. The molecule has 2 aliphatic heterocycles.